The lowest BCUT2D eigenvalue weighted by atomic mass is 10.1. The first-order valence-electron chi connectivity index (χ1n) is 6.78. The van der Waals surface area contributed by atoms with Crippen LogP contribution in [0.25, 0.3) is 10.8 Å². The molecule has 0 unspecified atom stereocenters. The number of benzene rings is 2. The molecule has 1 N–H and O–H groups in total. The van der Waals surface area contributed by atoms with Gasteiger partial charge < -0.3 is 15.0 Å². The highest BCUT2D eigenvalue weighted by Gasteiger charge is 2.03. The number of halogens is 1. The molecule has 0 aliphatic rings. The molecule has 2 aromatic carbocycles. The zero-order chi connectivity index (χ0) is 15.2. The lowest BCUT2D eigenvalue weighted by Gasteiger charge is -2.11. The molecule has 0 atom stereocenters. The Hall–Kier alpha value is -1.59. The molecule has 0 radical (unpaired) electrons. The fraction of sp³-hybridized carbons (Fsp3) is 0.312. The van der Waals surface area contributed by atoms with Gasteiger partial charge in [0.1, 0.15) is 5.75 Å². The van der Waals surface area contributed by atoms with Crippen LogP contribution in [0.15, 0.2) is 40.9 Å². The Bertz CT molecular complexity index is 629. The zero-order valence-electron chi connectivity index (χ0n) is 12.2. The third-order valence-corrected chi connectivity index (χ3v) is 3.52. The quantitative estimate of drug-likeness (QED) is 0.870. The molecular formula is C16H19BrN2O2. The molecule has 0 aromatic heterocycles. The third kappa shape index (κ3) is 5.02. The van der Waals surface area contributed by atoms with Gasteiger partial charge in [-0.15, -0.1) is 0 Å². The minimum atomic E-state index is -0.104. The number of nitrogens with zero attached hydrogens (tertiary/aromatic N) is 1. The number of fused-ring (bicyclic) bond motifs is 1. The average Bonchev–Trinajstić information content (AvgIpc) is 2.44. The minimum Gasteiger partial charge on any atom is -0.484 e. The van der Waals surface area contributed by atoms with E-state index < -0.39 is 0 Å². The molecule has 0 saturated carbocycles. The van der Waals surface area contributed by atoms with Gasteiger partial charge in [0.15, 0.2) is 6.61 Å². The van der Waals surface area contributed by atoms with Crippen molar-refractivity contribution in [3.05, 3.63) is 40.9 Å². The Labute approximate surface area is 133 Å². The number of hydrogen-bond acceptors (Lipinski definition) is 3. The van der Waals surface area contributed by atoms with Crippen LogP contribution in [0.2, 0.25) is 0 Å². The molecule has 112 valence electrons. The first-order valence-corrected chi connectivity index (χ1v) is 7.57. The standard InChI is InChI=1S/C16H19BrN2O2/c1-19(2)8-7-18-16(20)11-21-15-6-4-12-9-14(17)5-3-13(12)10-15/h3-6,9-10H,7-8,11H2,1-2H3,(H,18,20). The predicted octanol–water partition coefficient (Wildman–Crippen LogP) is 2.66. The van der Waals surface area contributed by atoms with Gasteiger partial charge in [0, 0.05) is 17.6 Å². The molecule has 0 aliphatic carbocycles. The third-order valence-electron chi connectivity index (χ3n) is 3.02. The number of carbonyl (C=O) groups excluding carboxylic acids is 1. The van der Waals surface area contributed by atoms with Crippen molar-refractivity contribution in [2.24, 2.45) is 0 Å². The molecule has 5 heteroatoms. The maximum atomic E-state index is 11.6. The number of nitrogens with one attached hydrogen (secondary N) is 1. The smallest absolute Gasteiger partial charge is 0.257 e. The SMILES string of the molecule is CN(C)CCNC(=O)COc1ccc2cc(Br)ccc2c1. The topological polar surface area (TPSA) is 41.6 Å². The Morgan fingerprint density at radius 2 is 1.90 bits per heavy atom. The summed E-state index contributed by atoms with van der Waals surface area (Å²) >= 11 is 3.45. The van der Waals surface area contributed by atoms with Gasteiger partial charge in [0.25, 0.3) is 5.91 Å². The molecule has 0 fully saturated rings. The van der Waals surface area contributed by atoms with Crippen LogP contribution in [0.3, 0.4) is 0 Å². The van der Waals surface area contributed by atoms with Gasteiger partial charge in [-0.05, 0) is 49.1 Å². The van der Waals surface area contributed by atoms with Gasteiger partial charge in [-0.1, -0.05) is 28.1 Å². The lowest BCUT2D eigenvalue weighted by molar-refractivity contribution is -0.123. The van der Waals surface area contributed by atoms with Crippen LogP contribution >= 0.6 is 15.9 Å². The number of hydrogen-bond donors (Lipinski definition) is 1. The minimum absolute atomic E-state index is 0.0372. The fourth-order valence-electron chi connectivity index (χ4n) is 1.90. The summed E-state index contributed by atoms with van der Waals surface area (Å²) in [6, 6.07) is 11.9. The largest absolute Gasteiger partial charge is 0.484 e. The first-order chi connectivity index (χ1) is 10.0. The maximum absolute atomic E-state index is 11.6. The van der Waals surface area contributed by atoms with Crippen molar-refractivity contribution >= 4 is 32.6 Å². The van der Waals surface area contributed by atoms with E-state index in [2.05, 4.69) is 21.2 Å². The summed E-state index contributed by atoms with van der Waals surface area (Å²) < 4.78 is 6.57. The second-order valence-electron chi connectivity index (χ2n) is 5.10. The summed E-state index contributed by atoms with van der Waals surface area (Å²) in [5, 5.41) is 5.04. The molecule has 0 heterocycles. The van der Waals surface area contributed by atoms with Crippen LogP contribution < -0.4 is 10.1 Å². The van der Waals surface area contributed by atoms with E-state index in [4.69, 9.17) is 4.74 Å². The molecule has 21 heavy (non-hydrogen) atoms. The fourth-order valence-corrected chi connectivity index (χ4v) is 2.28. The van der Waals surface area contributed by atoms with Crippen molar-refractivity contribution in [1.82, 2.24) is 10.2 Å². The number of amides is 1. The summed E-state index contributed by atoms with van der Waals surface area (Å²) in [6.07, 6.45) is 0. The average molecular weight is 351 g/mol. The van der Waals surface area contributed by atoms with E-state index in [1.807, 2.05) is 55.4 Å². The summed E-state index contributed by atoms with van der Waals surface area (Å²) in [6.45, 7) is 1.48. The molecule has 0 bridgehead atoms. The molecule has 1 amide bonds. The van der Waals surface area contributed by atoms with Crippen molar-refractivity contribution < 1.29 is 9.53 Å². The lowest BCUT2D eigenvalue weighted by Crippen LogP contribution is -2.34. The van der Waals surface area contributed by atoms with Crippen LogP contribution in [0.4, 0.5) is 0 Å². The van der Waals surface area contributed by atoms with E-state index in [-0.39, 0.29) is 12.5 Å². The van der Waals surface area contributed by atoms with E-state index in [0.717, 1.165) is 21.8 Å². The second-order valence-corrected chi connectivity index (χ2v) is 6.01. The normalized spacial score (nSPS) is 10.9. The summed E-state index contributed by atoms with van der Waals surface area (Å²) in [5.74, 6) is 0.598. The van der Waals surface area contributed by atoms with Crippen molar-refractivity contribution in [1.29, 1.82) is 0 Å². The van der Waals surface area contributed by atoms with E-state index in [0.29, 0.717) is 12.3 Å². The number of likely N-dealkylation sites (N-methyl/N-ethyl adjacent to an activating group) is 1. The Morgan fingerprint density at radius 3 is 2.67 bits per heavy atom. The number of rotatable bonds is 6. The van der Waals surface area contributed by atoms with Crippen LogP contribution in [-0.2, 0) is 4.79 Å². The van der Waals surface area contributed by atoms with Crippen molar-refractivity contribution in [2.75, 3.05) is 33.8 Å². The highest BCUT2D eigenvalue weighted by atomic mass is 79.9. The van der Waals surface area contributed by atoms with Crippen LogP contribution in [-0.4, -0.2) is 44.6 Å². The molecule has 0 aliphatic heterocycles. The van der Waals surface area contributed by atoms with Crippen LogP contribution in [0, 0.1) is 0 Å². The van der Waals surface area contributed by atoms with E-state index >= 15 is 0 Å². The number of ether oxygens (including phenoxy) is 1. The molecular weight excluding hydrogens is 332 g/mol. The van der Waals surface area contributed by atoms with Crippen molar-refractivity contribution in [3.8, 4) is 5.75 Å². The van der Waals surface area contributed by atoms with Crippen molar-refractivity contribution in [3.63, 3.8) is 0 Å². The summed E-state index contributed by atoms with van der Waals surface area (Å²) in [7, 11) is 3.94. The van der Waals surface area contributed by atoms with Gasteiger partial charge in [-0.2, -0.15) is 0 Å². The first kappa shape index (κ1) is 15.8. The maximum Gasteiger partial charge on any atom is 0.257 e. The molecule has 2 aromatic rings. The van der Waals surface area contributed by atoms with Gasteiger partial charge in [-0.3, -0.25) is 4.79 Å². The van der Waals surface area contributed by atoms with E-state index in [1.54, 1.807) is 0 Å². The Morgan fingerprint density at radius 1 is 1.19 bits per heavy atom. The van der Waals surface area contributed by atoms with Gasteiger partial charge in [0.05, 0.1) is 0 Å². The summed E-state index contributed by atoms with van der Waals surface area (Å²) in [4.78, 5) is 13.7. The van der Waals surface area contributed by atoms with Crippen LogP contribution in [0.1, 0.15) is 0 Å². The molecule has 4 nitrogen and oxygen atoms in total. The van der Waals surface area contributed by atoms with E-state index in [9.17, 15) is 4.79 Å². The van der Waals surface area contributed by atoms with Gasteiger partial charge >= 0.3 is 0 Å². The molecule has 2 rings (SSSR count). The Balaban J connectivity index is 1.88. The van der Waals surface area contributed by atoms with Crippen LogP contribution in [0.5, 0.6) is 5.75 Å². The highest BCUT2D eigenvalue weighted by Crippen LogP contribution is 2.23. The Kier molecular flexibility index (Phi) is 5.59. The van der Waals surface area contributed by atoms with Gasteiger partial charge in [-0.25, -0.2) is 0 Å². The van der Waals surface area contributed by atoms with Gasteiger partial charge in [0.2, 0.25) is 0 Å². The monoisotopic (exact) mass is 350 g/mol. The molecule has 0 saturated heterocycles. The number of carbonyl (C=O) groups is 1. The summed E-state index contributed by atoms with van der Waals surface area (Å²) in [5.41, 5.74) is 0. The second kappa shape index (κ2) is 7.43. The van der Waals surface area contributed by atoms with E-state index in [1.165, 1.54) is 0 Å². The van der Waals surface area contributed by atoms with Crippen molar-refractivity contribution in [2.45, 2.75) is 0 Å². The zero-order valence-corrected chi connectivity index (χ0v) is 13.8. The predicted molar refractivity (Wildman–Crippen MR) is 88.7 cm³/mol. The molecule has 0 spiro atoms. The highest BCUT2D eigenvalue weighted by molar-refractivity contribution is 9.10.